The smallest absolute Gasteiger partial charge is 0.124 e. The van der Waals surface area contributed by atoms with Gasteiger partial charge in [0.15, 0.2) is 0 Å². The van der Waals surface area contributed by atoms with Crippen molar-refractivity contribution in [3.05, 3.63) is 65.0 Å². The number of hydrogen-bond acceptors (Lipinski definition) is 2. The molecule has 2 rings (SSSR count). The average molecular weight is 245 g/mol. The van der Waals surface area contributed by atoms with Crippen LogP contribution >= 0.6 is 0 Å². The lowest BCUT2D eigenvalue weighted by atomic mass is 10.1. The first-order valence-electron chi connectivity index (χ1n) is 5.86. The summed E-state index contributed by atoms with van der Waals surface area (Å²) in [6.45, 7) is 2.71. The van der Waals surface area contributed by atoms with Gasteiger partial charge in [-0.15, -0.1) is 0 Å². The van der Waals surface area contributed by atoms with Gasteiger partial charge in [-0.05, 0) is 36.2 Å². The van der Waals surface area contributed by atoms with Gasteiger partial charge in [-0.2, -0.15) is 0 Å². The molecule has 2 N–H and O–H groups in total. The van der Waals surface area contributed by atoms with Gasteiger partial charge in [0.2, 0.25) is 0 Å². The number of rotatable bonds is 4. The summed E-state index contributed by atoms with van der Waals surface area (Å²) in [6, 6.07) is 12.3. The zero-order valence-electron chi connectivity index (χ0n) is 10.3. The van der Waals surface area contributed by atoms with Crippen LogP contribution in [-0.2, 0) is 13.2 Å². The van der Waals surface area contributed by atoms with Crippen LogP contribution in [0.5, 0.6) is 5.75 Å². The van der Waals surface area contributed by atoms with Gasteiger partial charge in [-0.1, -0.05) is 24.3 Å². The standard InChI is InChI=1S/C15H16FNO/c1-11-6-7-14(16)8-13(11)10-18-15-5-3-2-4-12(15)9-17/h2-8H,9-10,17H2,1H3. The molecule has 0 spiro atoms. The number of hydrogen-bond donors (Lipinski definition) is 1. The van der Waals surface area contributed by atoms with Crippen molar-refractivity contribution in [1.82, 2.24) is 0 Å². The first-order valence-corrected chi connectivity index (χ1v) is 5.86. The molecule has 0 unspecified atom stereocenters. The minimum atomic E-state index is -0.244. The number of nitrogens with two attached hydrogens (primary N) is 1. The summed E-state index contributed by atoms with van der Waals surface area (Å²) in [5.74, 6) is 0.509. The summed E-state index contributed by atoms with van der Waals surface area (Å²) < 4.78 is 18.8. The number of para-hydroxylation sites is 1. The predicted octanol–water partition coefficient (Wildman–Crippen LogP) is 3.17. The predicted molar refractivity (Wildman–Crippen MR) is 69.8 cm³/mol. The Balaban J connectivity index is 2.14. The fraction of sp³-hybridized carbons (Fsp3) is 0.200. The Bertz CT molecular complexity index is 540. The molecule has 0 fully saturated rings. The fourth-order valence-electron chi connectivity index (χ4n) is 1.76. The van der Waals surface area contributed by atoms with Gasteiger partial charge in [-0.25, -0.2) is 4.39 Å². The van der Waals surface area contributed by atoms with Gasteiger partial charge in [0, 0.05) is 12.1 Å². The average Bonchev–Trinajstić information content (AvgIpc) is 2.40. The Morgan fingerprint density at radius 3 is 2.67 bits per heavy atom. The van der Waals surface area contributed by atoms with Crippen molar-refractivity contribution in [2.45, 2.75) is 20.1 Å². The third-order valence-corrected chi connectivity index (χ3v) is 2.89. The zero-order chi connectivity index (χ0) is 13.0. The van der Waals surface area contributed by atoms with Crippen LogP contribution in [-0.4, -0.2) is 0 Å². The lowest BCUT2D eigenvalue weighted by Gasteiger charge is -2.11. The summed E-state index contributed by atoms with van der Waals surface area (Å²) in [6.07, 6.45) is 0. The lowest BCUT2D eigenvalue weighted by molar-refractivity contribution is 0.301. The monoisotopic (exact) mass is 245 g/mol. The Morgan fingerprint density at radius 2 is 1.89 bits per heavy atom. The van der Waals surface area contributed by atoms with Crippen molar-refractivity contribution >= 4 is 0 Å². The molecule has 2 aromatic carbocycles. The van der Waals surface area contributed by atoms with E-state index in [4.69, 9.17) is 10.5 Å². The molecule has 0 bridgehead atoms. The van der Waals surface area contributed by atoms with Crippen LogP contribution in [0.15, 0.2) is 42.5 Å². The Hall–Kier alpha value is -1.87. The Labute approximate surface area is 106 Å². The molecule has 0 aliphatic rings. The van der Waals surface area contributed by atoms with Crippen LogP contribution in [0, 0.1) is 12.7 Å². The number of benzene rings is 2. The molecule has 0 radical (unpaired) electrons. The number of ether oxygens (including phenoxy) is 1. The van der Waals surface area contributed by atoms with Crippen LogP contribution in [0.25, 0.3) is 0 Å². The van der Waals surface area contributed by atoms with E-state index < -0.39 is 0 Å². The SMILES string of the molecule is Cc1ccc(F)cc1COc1ccccc1CN. The lowest BCUT2D eigenvalue weighted by Crippen LogP contribution is -2.03. The van der Waals surface area contributed by atoms with Crippen LogP contribution < -0.4 is 10.5 Å². The molecule has 0 aliphatic heterocycles. The molecule has 0 heterocycles. The molecule has 0 aliphatic carbocycles. The third kappa shape index (κ3) is 2.87. The first kappa shape index (κ1) is 12.6. The van der Waals surface area contributed by atoms with Gasteiger partial charge >= 0.3 is 0 Å². The highest BCUT2D eigenvalue weighted by Crippen LogP contribution is 2.20. The highest BCUT2D eigenvalue weighted by Gasteiger charge is 2.04. The van der Waals surface area contributed by atoms with E-state index in [9.17, 15) is 4.39 Å². The Kier molecular flexibility index (Phi) is 3.95. The third-order valence-electron chi connectivity index (χ3n) is 2.89. The van der Waals surface area contributed by atoms with E-state index in [-0.39, 0.29) is 5.82 Å². The zero-order valence-corrected chi connectivity index (χ0v) is 10.3. The van der Waals surface area contributed by atoms with Crippen molar-refractivity contribution in [3.63, 3.8) is 0 Å². The van der Waals surface area contributed by atoms with Gasteiger partial charge in [0.05, 0.1) is 0 Å². The Morgan fingerprint density at radius 1 is 1.11 bits per heavy atom. The van der Waals surface area contributed by atoms with Gasteiger partial charge in [0.25, 0.3) is 0 Å². The van der Waals surface area contributed by atoms with Crippen LogP contribution in [0.1, 0.15) is 16.7 Å². The van der Waals surface area contributed by atoms with E-state index in [1.807, 2.05) is 31.2 Å². The molecular formula is C15H16FNO. The molecule has 18 heavy (non-hydrogen) atoms. The highest BCUT2D eigenvalue weighted by atomic mass is 19.1. The summed E-state index contributed by atoms with van der Waals surface area (Å²) >= 11 is 0. The van der Waals surface area contributed by atoms with Crippen molar-refractivity contribution in [2.24, 2.45) is 5.73 Å². The fourth-order valence-corrected chi connectivity index (χ4v) is 1.76. The second-order valence-electron chi connectivity index (χ2n) is 4.17. The van der Waals surface area contributed by atoms with Crippen LogP contribution in [0.2, 0.25) is 0 Å². The topological polar surface area (TPSA) is 35.2 Å². The quantitative estimate of drug-likeness (QED) is 0.898. The summed E-state index contributed by atoms with van der Waals surface area (Å²) in [5.41, 5.74) is 8.45. The molecular weight excluding hydrogens is 229 g/mol. The van der Waals surface area contributed by atoms with E-state index in [1.165, 1.54) is 12.1 Å². The minimum Gasteiger partial charge on any atom is -0.489 e. The maximum atomic E-state index is 13.1. The van der Waals surface area contributed by atoms with E-state index in [0.29, 0.717) is 13.2 Å². The normalized spacial score (nSPS) is 10.4. The summed E-state index contributed by atoms with van der Waals surface area (Å²) in [7, 11) is 0. The minimum absolute atomic E-state index is 0.244. The molecule has 0 saturated heterocycles. The molecule has 0 saturated carbocycles. The van der Waals surface area contributed by atoms with Crippen LogP contribution in [0.4, 0.5) is 4.39 Å². The van der Waals surface area contributed by atoms with E-state index >= 15 is 0 Å². The molecule has 0 amide bonds. The second kappa shape index (κ2) is 5.65. The summed E-state index contributed by atoms with van der Waals surface area (Å²) in [5, 5.41) is 0. The maximum Gasteiger partial charge on any atom is 0.124 e. The summed E-state index contributed by atoms with van der Waals surface area (Å²) in [4.78, 5) is 0. The van der Waals surface area contributed by atoms with Crippen molar-refractivity contribution in [1.29, 1.82) is 0 Å². The number of aryl methyl sites for hydroxylation is 1. The van der Waals surface area contributed by atoms with Gasteiger partial charge in [0.1, 0.15) is 18.2 Å². The molecule has 2 nitrogen and oxygen atoms in total. The van der Waals surface area contributed by atoms with Gasteiger partial charge in [-0.3, -0.25) is 0 Å². The first-order chi connectivity index (χ1) is 8.70. The molecule has 0 atom stereocenters. The maximum absolute atomic E-state index is 13.1. The van der Waals surface area contributed by atoms with Gasteiger partial charge < -0.3 is 10.5 Å². The van der Waals surface area contributed by atoms with Crippen molar-refractivity contribution in [2.75, 3.05) is 0 Å². The van der Waals surface area contributed by atoms with Crippen LogP contribution in [0.3, 0.4) is 0 Å². The molecule has 3 heteroatoms. The molecule has 0 aromatic heterocycles. The largest absolute Gasteiger partial charge is 0.489 e. The van der Waals surface area contributed by atoms with Crippen molar-refractivity contribution < 1.29 is 9.13 Å². The molecule has 2 aromatic rings. The van der Waals surface area contributed by atoms with E-state index in [1.54, 1.807) is 6.07 Å². The highest BCUT2D eigenvalue weighted by molar-refractivity contribution is 5.34. The van der Waals surface area contributed by atoms with E-state index in [2.05, 4.69) is 0 Å². The van der Waals surface area contributed by atoms with E-state index in [0.717, 1.165) is 22.4 Å². The number of halogens is 1. The molecule has 94 valence electrons. The second-order valence-corrected chi connectivity index (χ2v) is 4.17. The van der Waals surface area contributed by atoms with Crippen molar-refractivity contribution in [3.8, 4) is 5.75 Å².